The SMILES string of the molecule is CCC(CC)Nc1nc(C#C[C@]2(O)CCC[C@@H](C)C2)nc2c1ncn2Cc1cccnc1. The average Bonchev–Trinajstić information content (AvgIpc) is 3.19. The van der Waals surface area contributed by atoms with Crippen LogP contribution < -0.4 is 5.32 Å². The fourth-order valence-electron chi connectivity index (χ4n) is 4.40. The summed E-state index contributed by atoms with van der Waals surface area (Å²) >= 11 is 0. The molecular formula is C25H32N6O. The van der Waals surface area contributed by atoms with Crippen molar-refractivity contribution in [1.82, 2.24) is 24.5 Å². The highest BCUT2D eigenvalue weighted by molar-refractivity contribution is 5.83. The molecule has 0 spiro atoms. The van der Waals surface area contributed by atoms with Gasteiger partial charge in [0.1, 0.15) is 5.60 Å². The van der Waals surface area contributed by atoms with Gasteiger partial charge in [-0.1, -0.05) is 39.2 Å². The van der Waals surface area contributed by atoms with Crippen molar-refractivity contribution in [3.63, 3.8) is 0 Å². The van der Waals surface area contributed by atoms with Gasteiger partial charge in [0.05, 0.1) is 12.9 Å². The second-order valence-corrected chi connectivity index (χ2v) is 8.94. The molecule has 1 aliphatic carbocycles. The molecule has 7 heteroatoms. The first-order chi connectivity index (χ1) is 15.5. The Balaban J connectivity index is 1.73. The Morgan fingerprint density at radius 3 is 2.88 bits per heavy atom. The van der Waals surface area contributed by atoms with E-state index in [-0.39, 0.29) is 0 Å². The molecule has 7 nitrogen and oxygen atoms in total. The highest BCUT2D eigenvalue weighted by Crippen LogP contribution is 2.31. The van der Waals surface area contributed by atoms with Crippen molar-refractivity contribution < 1.29 is 5.11 Å². The van der Waals surface area contributed by atoms with E-state index in [1.54, 1.807) is 12.5 Å². The smallest absolute Gasteiger partial charge is 0.209 e. The summed E-state index contributed by atoms with van der Waals surface area (Å²) in [6.45, 7) is 7.09. The molecule has 0 saturated heterocycles. The van der Waals surface area contributed by atoms with Crippen LogP contribution >= 0.6 is 0 Å². The molecule has 1 aliphatic rings. The fourth-order valence-corrected chi connectivity index (χ4v) is 4.40. The van der Waals surface area contributed by atoms with Gasteiger partial charge < -0.3 is 15.0 Å². The summed E-state index contributed by atoms with van der Waals surface area (Å²) in [7, 11) is 0. The van der Waals surface area contributed by atoms with Crippen molar-refractivity contribution in [2.45, 2.75) is 77.5 Å². The summed E-state index contributed by atoms with van der Waals surface area (Å²) in [5, 5.41) is 14.5. The molecule has 3 aromatic rings. The van der Waals surface area contributed by atoms with E-state index < -0.39 is 5.60 Å². The largest absolute Gasteiger partial charge is 0.378 e. The molecule has 0 aromatic carbocycles. The number of nitrogens with one attached hydrogen (secondary N) is 1. The lowest BCUT2D eigenvalue weighted by molar-refractivity contribution is 0.0410. The molecule has 4 rings (SSSR count). The molecule has 0 bridgehead atoms. The minimum atomic E-state index is -0.963. The summed E-state index contributed by atoms with van der Waals surface area (Å²) in [5.41, 5.74) is 1.56. The van der Waals surface area contributed by atoms with Crippen molar-refractivity contribution in [1.29, 1.82) is 0 Å². The third kappa shape index (κ3) is 5.08. The van der Waals surface area contributed by atoms with Gasteiger partial charge in [0.15, 0.2) is 17.0 Å². The molecule has 3 heterocycles. The third-order valence-electron chi connectivity index (χ3n) is 6.25. The van der Waals surface area contributed by atoms with E-state index in [2.05, 4.69) is 47.9 Å². The number of nitrogens with zero attached hydrogens (tertiary/aromatic N) is 5. The van der Waals surface area contributed by atoms with Crippen molar-refractivity contribution in [3.8, 4) is 11.8 Å². The van der Waals surface area contributed by atoms with E-state index >= 15 is 0 Å². The van der Waals surface area contributed by atoms with Gasteiger partial charge in [0.2, 0.25) is 5.82 Å². The number of imidazole rings is 1. The second kappa shape index (κ2) is 9.66. The third-order valence-corrected chi connectivity index (χ3v) is 6.25. The van der Waals surface area contributed by atoms with Crippen molar-refractivity contribution in [2.75, 3.05) is 5.32 Å². The quantitative estimate of drug-likeness (QED) is 0.569. The average molecular weight is 433 g/mol. The summed E-state index contributed by atoms with van der Waals surface area (Å²) < 4.78 is 1.99. The number of anilines is 1. The first-order valence-electron chi connectivity index (χ1n) is 11.6. The van der Waals surface area contributed by atoms with E-state index in [0.29, 0.717) is 43.0 Å². The van der Waals surface area contributed by atoms with E-state index in [0.717, 1.165) is 42.4 Å². The molecule has 0 radical (unpaired) electrons. The number of rotatable bonds is 6. The van der Waals surface area contributed by atoms with Crippen LogP contribution in [0.1, 0.15) is 70.7 Å². The lowest BCUT2D eigenvalue weighted by Gasteiger charge is -2.30. The fraction of sp³-hybridized carbons (Fsp3) is 0.520. The number of hydrogen-bond donors (Lipinski definition) is 2. The Morgan fingerprint density at radius 1 is 1.31 bits per heavy atom. The molecule has 168 valence electrons. The minimum Gasteiger partial charge on any atom is -0.378 e. The highest BCUT2D eigenvalue weighted by Gasteiger charge is 2.30. The molecule has 0 amide bonds. The van der Waals surface area contributed by atoms with Crippen LogP contribution in [0.5, 0.6) is 0 Å². The van der Waals surface area contributed by atoms with Crippen LogP contribution in [-0.2, 0) is 6.54 Å². The number of aromatic nitrogens is 5. The predicted molar refractivity (Wildman–Crippen MR) is 126 cm³/mol. The number of hydrogen-bond acceptors (Lipinski definition) is 6. The molecule has 1 fully saturated rings. The molecule has 3 aromatic heterocycles. The van der Waals surface area contributed by atoms with Gasteiger partial charge in [0.25, 0.3) is 0 Å². The summed E-state index contributed by atoms with van der Waals surface area (Å²) in [6, 6.07) is 4.25. The molecule has 1 saturated carbocycles. The van der Waals surface area contributed by atoms with Crippen molar-refractivity contribution in [3.05, 3.63) is 42.2 Å². The maximum atomic E-state index is 10.9. The topological polar surface area (TPSA) is 88.8 Å². The van der Waals surface area contributed by atoms with Crippen LogP contribution in [0.2, 0.25) is 0 Å². The standard InChI is InChI=1S/C25H32N6O/c1-4-20(5-2)28-23-22-24(31(17-27-22)16-19-9-7-13-26-15-19)30-21(29-23)10-12-25(32)11-6-8-18(3)14-25/h7,9,13,15,17-18,20,32H,4-6,8,11,14,16H2,1-3H3,(H,28,29,30)/t18-,25-/m1/s1. The van der Waals surface area contributed by atoms with Crippen molar-refractivity contribution in [2.24, 2.45) is 5.92 Å². The summed E-state index contributed by atoms with van der Waals surface area (Å²) in [5.74, 6) is 7.75. The van der Waals surface area contributed by atoms with Gasteiger partial charge in [-0.2, -0.15) is 0 Å². The van der Waals surface area contributed by atoms with Gasteiger partial charge >= 0.3 is 0 Å². The Hall–Kier alpha value is -2.98. The maximum absolute atomic E-state index is 10.9. The van der Waals surface area contributed by atoms with Crippen molar-refractivity contribution >= 4 is 17.0 Å². The molecule has 2 atom stereocenters. The van der Waals surface area contributed by atoms with Crippen LogP contribution in [0, 0.1) is 17.8 Å². The second-order valence-electron chi connectivity index (χ2n) is 8.94. The Bertz CT molecular complexity index is 1110. The van der Waals surface area contributed by atoms with E-state index in [4.69, 9.17) is 9.97 Å². The summed E-state index contributed by atoms with van der Waals surface area (Å²) in [6.07, 6.45) is 10.9. The van der Waals surface area contributed by atoms with Crippen LogP contribution in [-0.4, -0.2) is 41.3 Å². The molecule has 32 heavy (non-hydrogen) atoms. The minimum absolute atomic E-state index is 0.292. The van der Waals surface area contributed by atoms with E-state index in [1.807, 2.05) is 22.9 Å². The Labute approximate surface area is 189 Å². The van der Waals surface area contributed by atoms with Gasteiger partial charge in [-0.05, 0) is 55.6 Å². The predicted octanol–water partition coefficient (Wildman–Crippen LogP) is 4.16. The first-order valence-corrected chi connectivity index (χ1v) is 11.6. The monoisotopic (exact) mass is 432 g/mol. The molecule has 0 unspecified atom stereocenters. The number of fused-ring (bicyclic) bond motifs is 1. The lowest BCUT2D eigenvalue weighted by Crippen LogP contribution is -2.32. The zero-order chi connectivity index (χ0) is 22.6. The lowest BCUT2D eigenvalue weighted by atomic mass is 9.79. The molecule has 0 aliphatic heterocycles. The first kappa shape index (κ1) is 22.2. The van der Waals surface area contributed by atoms with Crippen LogP contribution in [0.3, 0.4) is 0 Å². The van der Waals surface area contributed by atoms with Crippen LogP contribution in [0.4, 0.5) is 5.82 Å². The highest BCUT2D eigenvalue weighted by atomic mass is 16.3. The molecular weight excluding hydrogens is 400 g/mol. The van der Waals surface area contributed by atoms with Gasteiger partial charge in [-0.15, -0.1) is 0 Å². The van der Waals surface area contributed by atoms with E-state index in [9.17, 15) is 5.11 Å². The number of pyridine rings is 1. The zero-order valence-corrected chi connectivity index (χ0v) is 19.2. The van der Waals surface area contributed by atoms with Gasteiger partial charge in [-0.25, -0.2) is 15.0 Å². The Kier molecular flexibility index (Phi) is 6.71. The normalized spacial score (nSPS) is 20.8. The maximum Gasteiger partial charge on any atom is 0.209 e. The van der Waals surface area contributed by atoms with Crippen LogP contribution in [0.15, 0.2) is 30.9 Å². The summed E-state index contributed by atoms with van der Waals surface area (Å²) in [4.78, 5) is 18.2. The molecule has 2 N–H and O–H groups in total. The zero-order valence-electron chi connectivity index (χ0n) is 19.2. The van der Waals surface area contributed by atoms with Crippen LogP contribution in [0.25, 0.3) is 11.2 Å². The van der Waals surface area contributed by atoms with E-state index in [1.165, 1.54) is 0 Å². The van der Waals surface area contributed by atoms with Gasteiger partial charge in [0, 0.05) is 18.4 Å². The van der Waals surface area contributed by atoms with Gasteiger partial charge in [-0.3, -0.25) is 4.98 Å². The Morgan fingerprint density at radius 2 is 2.16 bits per heavy atom. The number of aliphatic hydroxyl groups is 1.